The fourth-order valence-electron chi connectivity index (χ4n) is 35.5. The Balaban J connectivity index is 0.0000000994. The molecule has 724 valence electrons. The zero-order chi connectivity index (χ0) is 98.6. The summed E-state index contributed by atoms with van der Waals surface area (Å²) in [5.74, 6) is 10.0. The Labute approximate surface area is 881 Å². The van der Waals surface area contributed by atoms with E-state index in [-0.39, 0.29) is 21.7 Å². The summed E-state index contributed by atoms with van der Waals surface area (Å²) in [6.07, 6.45) is 21.2. The maximum atomic E-state index is 2.64. The Morgan fingerprint density at radius 2 is 0.447 bits per heavy atom. The summed E-state index contributed by atoms with van der Waals surface area (Å²) in [7, 11) is 0. The molecule has 16 aliphatic rings. The Kier molecular flexibility index (Phi) is 19.6. The topological polar surface area (TPSA) is 9.72 Å². The molecule has 3 nitrogen and oxygen atoms in total. The Morgan fingerprint density at radius 1 is 0.160 bits per heavy atom. The summed E-state index contributed by atoms with van der Waals surface area (Å²) in [4.78, 5) is 7.65. The second-order valence-corrected chi connectivity index (χ2v) is 48.1. The SMILES string of the molecule is CC1(C)c2ccccc2-c2cc(N(c3ccc4c(c3)C3(c5ccccc5-4)C4CC5CC(C4)CC3C5)c3cccc4ccccc34)ccc21.c1cc(-c2cccc3ccccc23)cc(N(c2ccc3c(c2)C2(c4ccccc4-3)C3CC4CC(C3)CC2C4)c2cccc3ccccc23)c1.c1ccc2c(c1)-c1ccc(N(c3ccc(-c4ccc5c(ccc6ccccc65)c4)cc3)c3cccc4ccccc34)cc1C21C2CC3CC(C2)CC1C3. The van der Waals surface area contributed by atoms with Crippen LogP contribution in [0.5, 0.6) is 0 Å². The van der Waals surface area contributed by atoms with Crippen molar-refractivity contribution in [1.29, 1.82) is 0 Å². The lowest BCUT2D eigenvalue weighted by molar-refractivity contribution is -0.0399. The summed E-state index contributed by atoms with van der Waals surface area (Å²) in [5, 5.41) is 15.4. The third-order valence-corrected chi connectivity index (χ3v) is 40.6. The molecule has 0 amide bonds. The first-order valence-corrected chi connectivity index (χ1v) is 56.4. The van der Waals surface area contributed by atoms with Crippen molar-refractivity contribution in [1.82, 2.24) is 0 Å². The van der Waals surface area contributed by atoms with E-state index < -0.39 is 0 Å². The number of hydrogen-bond donors (Lipinski definition) is 0. The lowest BCUT2D eigenvalue weighted by atomic mass is 9.43. The summed E-state index contributed by atoms with van der Waals surface area (Å²) in [6, 6.07) is 168. The molecule has 0 atom stereocenters. The van der Waals surface area contributed by atoms with Crippen LogP contribution in [0.4, 0.5) is 51.2 Å². The number of hydrogen-bond acceptors (Lipinski definition) is 3. The van der Waals surface area contributed by atoms with Crippen molar-refractivity contribution in [3.63, 3.8) is 0 Å². The Bertz CT molecular complexity index is 9050. The summed E-state index contributed by atoms with van der Waals surface area (Å²) < 4.78 is 0. The molecule has 12 bridgehead atoms. The van der Waals surface area contributed by atoms with Crippen LogP contribution >= 0.6 is 0 Å². The van der Waals surface area contributed by atoms with Crippen molar-refractivity contribution in [3.8, 4) is 66.8 Å². The lowest BCUT2D eigenvalue weighted by Gasteiger charge is -2.61. The van der Waals surface area contributed by atoms with Crippen LogP contribution in [0.15, 0.2) is 443 Å². The number of benzene rings is 21. The van der Waals surface area contributed by atoms with E-state index in [9.17, 15) is 0 Å². The van der Waals surface area contributed by atoms with Crippen LogP contribution in [-0.4, -0.2) is 0 Å². The molecule has 150 heavy (non-hydrogen) atoms. The minimum atomic E-state index is -0.0140. The zero-order valence-electron chi connectivity index (χ0n) is 85.5. The van der Waals surface area contributed by atoms with Crippen molar-refractivity contribution in [2.75, 3.05) is 14.7 Å². The van der Waals surface area contributed by atoms with E-state index in [1.807, 2.05) is 0 Å². The van der Waals surface area contributed by atoms with E-state index in [0.29, 0.717) is 0 Å². The summed E-state index contributed by atoms with van der Waals surface area (Å²) in [5.41, 5.74) is 40.5. The molecule has 16 aliphatic carbocycles. The average molecular weight is 1930 g/mol. The van der Waals surface area contributed by atoms with Crippen molar-refractivity contribution in [2.45, 2.75) is 132 Å². The van der Waals surface area contributed by atoms with Crippen molar-refractivity contribution < 1.29 is 0 Å². The van der Waals surface area contributed by atoms with E-state index in [2.05, 4.69) is 471 Å². The van der Waals surface area contributed by atoms with Crippen LogP contribution in [0.2, 0.25) is 0 Å². The molecule has 0 aromatic heterocycles. The number of anilines is 9. The predicted octanol–water partition coefficient (Wildman–Crippen LogP) is 39.2. The number of fused-ring (bicyclic) bond motifs is 19. The largest absolute Gasteiger partial charge is 0.310 e. The van der Waals surface area contributed by atoms with Gasteiger partial charge in [-0.2, -0.15) is 0 Å². The standard InChI is InChI=1S/C52H41N.C48H39N.C47H41N/c1-3-11-44-37(9-1)16-17-39-31-38(20-24-45(39)44)35-18-21-42(22-19-35)53(51-15-7-10-36-8-2-4-12-46(36)51)43-23-25-48-47-13-5-6-14-49(47)52(50(48)32-43)40-27-33-26-34(29-40)30-41(52)28-33;1-3-16-40-33(10-1)12-8-19-41(40)35-14-7-15-38(29-35)49(47-21-9-13-34-11-2-4-17-42(34)47)39-22-23-44-43-18-5-6-20-45(43)48(46(44)30-39)36-25-31-24-32(27-36)28-37(48)26-31;1-46(2)41-15-7-5-14-38(41)40-27-34(19-21-42(40)46)48(45-17-9-11-31-10-3-4-12-36(31)45)35-18-20-39-37-13-6-8-16-43(37)47(44(39)28-35)32-23-29-22-30(25-32)26-33(47)24-29/h1-25,31-34,40-41H,26-30H2;1-23,29-32,36-37H,24-28H2;3-21,27-30,32-33H,22-26H2,1-2H3. The fourth-order valence-corrected chi connectivity index (χ4v) is 35.5. The first kappa shape index (κ1) is 87.6. The van der Waals surface area contributed by atoms with Gasteiger partial charge in [0.15, 0.2) is 0 Å². The van der Waals surface area contributed by atoms with Crippen LogP contribution in [0, 0.1) is 71.0 Å². The van der Waals surface area contributed by atoms with E-state index in [0.717, 1.165) is 71.0 Å². The molecular weight excluding hydrogens is 1810 g/mol. The van der Waals surface area contributed by atoms with Crippen LogP contribution in [0.1, 0.15) is 155 Å². The fraction of sp³-hybridized carbons (Fsp3) is 0.224. The molecule has 0 N–H and O–H groups in total. The van der Waals surface area contributed by atoms with Gasteiger partial charge in [0.1, 0.15) is 0 Å². The van der Waals surface area contributed by atoms with Gasteiger partial charge in [0, 0.05) is 71.9 Å². The molecule has 21 aromatic carbocycles. The molecule has 12 fully saturated rings. The number of nitrogens with zero attached hydrogens (tertiary/aromatic N) is 3. The van der Waals surface area contributed by atoms with Gasteiger partial charge >= 0.3 is 0 Å². The minimum Gasteiger partial charge on any atom is -0.310 e. The number of rotatable bonds is 11. The Hall–Kier alpha value is -15.4. The third-order valence-electron chi connectivity index (χ3n) is 40.6. The smallest absolute Gasteiger partial charge is 0.0540 e. The van der Waals surface area contributed by atoms with Crippen LogP contribution < -0.4 is 14.7 Å². The van der Waals surface area contributed by atoms with Gasteiger partial charge in [0.05, 0.1) is 17.1 Å². The highest BCUT2D eigenvalue weighted by Gasteiger charge is 2.65. The van der Waals surface area contributed by atoms with E-state index >= 15 is 0 Å². The molecule has 3 heteroatoms. The molecule has 21 aromatic rings. The average Bonchev–Trinajstić information content (AvgIpc) is 1.51. The van der Waals surface area contributed by atoms with Crippen LogP contribution in [-0.2, 0) is 21.7 Å². The quantitative estimate of drug-likeness (QED) is 0.120. The van der Waals surface area contributed by atoms with Crippen molar-refractivity contribution >= 4 is 116 Å². The highest BCUT2D eigenvalue weighted by atomic mass is 15.2. The minimum absolute atomic E-state index is 0.0140. The highest BCUT2D eigenvalue weighted by Crippen LogP contribution is 2.74. The van der Waals surface area contributed by atoms with Gasteiger partial charge < -0.3 is 14.7 Å². The molecular formula is C147H121N3. The maximum absolute atomic E-state index is 2.64. The van der Waals surface area contributed by atoms with E-state index in [1.54, 1.807) is 33.4 Å². The maximum Gasteiger partial charge on any atom is 0.0540 e. The molecule has 12 saturated carbocycles. The van der Waals surface area contributed by atoms with Crippen LogP contribution in [0.3, 0.4) is 0 Å². The summed E-state index contributed by atoms with van der Waals surface area (Å²) >= 11 is 0. The molecule has 0 unspecified atom stereocenters. The van der Waals surface area contributed by atoms with Crippen LogP contribution in [0.25, 0.3) is 131 Å². The van der Waals surface area contributed by atoms with Gasteiger partial charge in [-0.05, 0) is 424 Å². The van der Waals surface area contributed by atoms with Gasteiger partial charge in [0.25, 0.3) is 0 Å². The second-order valence-electron chi connectivity index (χ2n) is 48.1. The molecule has 0 heterocycles. The predicted molar refractivity (Wildman–Crippen MR) is 627 cm³/mol. The monoisotopic (exact) mass is 1930 g/mol. The van der Waals surface area contributed by atoms with Gasteiger partial charge in [-0.25, -0.2) is 0 Å². The lowest BCUT2D eigenvalue weighted by Crippen LogP contribution is -2.55. The normalized spacial score (nSPS) is 24.7. The van der Waals surface area contributed by atoms with Gasteiger partial charge in [-0.3, -0.25) is 0 Å². The first-order valence-electron chi connectivity index (χ1n) is 56.4. The molecule has 0 aliphatic heterocycles. The Morgan fingerprint density at radius 3 is 0.887 bits per heavy atom. The molecule has 37 rings (SSSR count). The van der Waals surface area contributed by atoms with Gasteiger partial charge in [-0.15, -0.1) is 0 Å². The first-order chi connectivity index (χ1) is 74.0. The van der Waals surface area contributed by atoms with Crippen molar-refractivity contribution in [3.05, 3.63) is 487 Å². The van der Waals surface area contributed by atoms with Gasteiger partial charge in [-0.1, -0.05) is 360 Å². The molecule has 3 spiro atoms. The highest BCUT2D eigenvalue weighted by molar-refractivity contribution is 6.10. The summed E-state index contributed by atoms with van der Waals surface area (Å²) in [6.45, 7) is 4.75. The van der Waals surface area contributed by atoms with E-state index in [4.69, 9.17) is 0 Å². The third kappa shape index (κ3) is 12.9. The second kappa shape index (κ2) is 33.5. The van der Waals surface area contributed by atoms with E-state index in [1.165, 1.54) is 290 Å². The molecule has 0 saturated heterocycles. The van der Waals surface area contributed by atoms with Gasteiger partial charge in [0.2, 0.25) is 0 Å². The zero-order valence-corrected chi connectivity index (χ0v) is 85.5. The van der Waals surface area contributed by atoms with Crippen molar-refractivity contribution in [2.24, 2.45) is 71.0 Å². The molecule has 0 radical (unpaired) electrons.